The summed E-state index contributed by atoms with van der Waals surface area (Å²) in [6.45, 7) is 4.03. The lowest BCUT2D eigenvalue weighted by molar-refractivity contribution is -0.137. The third-order valence-electron chi connectivity index (χ3n) is 7.64. The standard InChI is InChI=1S/C32H34ClN5O4/c1-36-15-17-38(18-16-36)20-28(39)37(2)25-11-9-24(10-12-25)34-31(22-6-3-21(4-7-22)5-14-29(40)41)30-26-13-8-23(33)19-27(26)35-32(30)42/h3-4,6-13,19,35,42H,5,14-18,20H2,1-2H3,(H,40,41). The van der Waals surface area contributed by atoms with Gasteiger partial charge in [0.15, 0.2) is 5.88 Å². The molecule has 0 saturated carbocycles. The molecule has 1 saturated heterocycles. The number of aromatic hydroxyl groups is 1. The zero-order valence-corrected chi connectivity index (χ0v) is 24.4. The molecule has 1 fully saturated rings. The lowest BCUT2D eigenvalue weighted by Gasteiger charge is -2.32. The van der Waals surface area contributed by atoms with E-state index >= 15 is 0 Å². The quantitative estimate of drug-likeness (QED) is 0.240. The number of carbonyl (C=O) groups is 2. The summed E-state index contributed by atoms with van der Waals surface area (Å²) in [5.74, 6) is -0.854. The SMILES string of the molecule is CN1CCN(CC(=O)N(C)c2ccc(N=C(c3ccc(CCC(=O)O)cc3)c3c(O)[nH]c4cc(Cl)ccc34)cc2)CC1. The summed E-state index contributed by atoms with van der Waals surface area (Å²) in [4.78, 5) is 38.0. The molecule has 5 rings (SSSR count). The summed E-state index contributed by atoms with van der Waals surface area (Å²) >= 11 is 6.19. The molecule has 0 aliphatic carbocycles. The highest BCUT2D eigenvalue weighted by Gasteiger charge is 2.21. The fourth-order valence-corrected chi connectivity index (χ4v) is 5.24. The fourth-order valence-electron chi connectivity index (χ4n) is 5.07. The smallest absolute Gasteiger partial charge is 0.303 e. The average molecular weight is 588 g/mol. The number of aromatic nitrogens is 1. The van der Waals surface area contributed by atoms with Crippen LogP contribution in [-0.4, -0.2) is 89.4 Å². The van der Waals surface area contributed by atoms with Crippen molar-refractivity contribution in [1.82, 2.24) is 14.8 Å². The normalized spacial score (nSPS) is 14.8. The van der Waals surface area contributed by atoms with Gasteiger partial charge in [-0.05, 0) is 55.4 Å². The van der Waals surface area contributed by atoms with Gasteiger partial charge in [0.25, 0.3) is 0 Å². The Morgan fingerprint density at radius 1 is 1.00 bits per heavy atom. The molecule has 1 aliphatic heterocycles. The number of likely N-dealkylation sites (N-methyl/N-ethyl adjacent to an activating group) is 2. The number of amides is 1. The number of nitrogens with one attached hydrogen (secondary N) is 1. The van der Waals surface area contributed by atoms with Gasteiger partial charge in [-0.15, -0.1) is 0 Å². The average Bonchev–Trinajstić information content (AvgIpc) is 3.30. The Hall–Kier alpha value is -4.18. The molecule has 3 aromatic carbocycles. The number of carboxylic acid groups (broad SMARTS) is 1. The Morgan fingerprint density at radius 2 is 1.69 bits per heavy atom. The number of H-pyrrole nitrogens is 1. The molecule has 10 heteroatoms. The van der Waals surface area contributed by atoms with Crippen molar-refractivity contribution in [3.63, 3.8) is 0 Å². The maximum absolute atomic E-state index is 13.0. The first-order chi connectivity index (χ1) is 20.2. The van der Waals surface area contributed by atoms with E-state index in [2.05, 4.69) is 21.8 Å². The fraction of sp³-hybridized carbons (Fsp3) is 0.281. The molecule has 0 unspecified atom stereocenters. The third kappa shape index (κ3) is 6.82. The number of carbonyl (C=O) groups excluding carboxylic acids is 1. The van der Waals surface area contributed by atoms with Crippen LogP contribution in [0.15, 0.2) is 71.7 Å². The van der Waals surface area contributed by atoms with Gasteiger partial charge in [0.1, 0.15) is 0 Å². The molecule has 1 amide bonds. The van der Waals surface area contributed by atoms with Crippen LogP contribution in [0, 0.1) is 0 Å². The topological polar surface area (TPSA) is 112 Å². The molecule has 0 radical (unpaired) electrons. The van der Waals surface area contributed by atoms with Crippen molar-refractivity contribution in [2.75, 3.05) is 51.7 Å². The molecule has 1 aliphatic rings. The molecule has 218 valence electrons. The second kappa shape index (κ2) is 12.8. The van der Waals surface area contributed by atoms with Gasteiger partial charge < -0.3 is 25.0 Å². The number of aryl methyl sites for hydroxylation is 1. The monoisotopic (exact) mass is 587 g/mol. The Bertz CT molecular complexity index is 1610. The van der Waals surface area contributed by atoms with Crippen LogP contribution < -0.4 is 4.90 Å². The maximum atomic E-state index is 13.0. The molecule has 1 aromatic heterocycles. The van der Waals surface area contributed by atoms with E-state index < -0.39 is 5.97 Å². The minimum atomic E-state index is -0.848. The number of fused-ring (bicyclic) bond motifs is 1. The molecule has 0 spiro atoms. The van der Waals surface area contributed by atoms with Crippen molar-refractivity contribution in [2.45, 2.75) is 12.8 Å². The number of hydrogen-bond donors (Lipinski definition) is 3. The van der Waals surface area contributed by atoms with Crippen molar-refractivity contribution in [1.29, 1.82) is 0 Å². The van der Waals surface area contributed by atoms with Crippen LogP contribution in [0.1, 0.15) is 23.1 Å². The summed E-state index contributed by atoms with van der Waals surface area (Å²) in [6.07, 6.45) is 0.463. The van der Waals surface area contributed by atoms with Crippen molar-refractivity contribution < 1.29 is 19.8 Å². The number of benzene rings is 3. The second-order valence-corrected chi connectivity index (χ2v) is 11.1. The van der Waals surface area contributed by atoms with Gasteiger partial charge in [0.2, 0.25) is 5.91 Å². The number of aromatic amines is 1. The number of aliphatic carboxylic acids is 1. The van der Waals surface area contributed by atoms with Crippen molar-refractivity contribution in [2.24, 2.45) is 4.99 Å². The number of anilines is 1. The first-order valence-corrected chi connectivity index (χ1v) is 14.2. The van der Waals surface area contributed by atoms with Crippen LogP contribution in [0.2, 0.25) is 5.02 Å². The van der Waals surface area contributed by atoms with E-state index in [-0.39, 0.29) is 18.2 Å². The Labute approximate surface area is 249 Å². The van der Waals surface area contributed by atoms with E-state index in [9.17, 15) is 14.7 Å². The molecule has 0 atom stereocenters. The van der Waals surface area contributed by atoms with E-state index in [0.717, 1.165) is 48.4 Å². The molecular weight excluding hydrogens is 554 g/mol. The number of hydrogen-bond acceptors (Lipinski definition) is 6. The summed E-state index contributed by atoms with van der Waals surface area (Å²) in [5, 5.41) is 21.3. The highest BCUT2D eigenvalue weighted by molar-refractivity contribution is 6.31. The van der Waals surface area contributed by atoms with E-state index in [0.29, 0.717) is 40.5 Å². The van der Waals surface area contributed by atoms with Crippen LogP contribution in [0.3, 0.4) is 0 Å². The number of aliphatic imine (C=N–C) groups is 1. The van der Waals surface area contributed by atoms with Crippen LogP contribution >= 0.6 is 11.6 Å². The zero-order chi connectivity index (χ0) is 29.8. The number of piperazine rings is 1. The minimum absolute atomic E-state index is 0.0295. The summed E-state index contributed by atoms with van der Waals surface area (Å²) < 4.78 is 0. The first-order valence-electron chi connectivity index (χ1n) is 13.9. The molecular formula is C32H34ClN5O4. The highest BCUT2D eigenvalue weighted by Crippen LogP contribution is 2.33. The number of nitrogens with zero attached hydrogens (tertiary/aromatic N) is 4. The lowest BCUT2D eigenvalue weighted by atomic mass is 9.98. The van der Waals surface area contributed by atoms with E-state index in [1.165, 1.54) is 0 Å². The predicted molar refractivity (Wildman–Crippen MR) is 166 cm³/mol. The van der Waals surface area contributed by atoms with Gasteiger partial charge in [-0.2, -0.15) is 0 Å². The van der Waals surface area contributed by atoms with Crippen LogP contribution in [0.25, 0.3) is 10.9 Å². The second-order valence-electron chi connectivity index (χ2n) is 10.6. The third-order valence-corrected chi connectivity index (χ3v) is 7.87. The van der Waals surface area contributed by atoms with E-state index in [1.807, 2.05) is 54.6 Å². The van der Waals surface area contributed by atoms with Crippen LogP contribution in [-0.2, 0) is 16.0 Å². The zero-order valence-electron chi connectivity index (χ0n) is 23.7. The summed E-state index contributed by atoms with van der Waals surface area (Å²) in [5.41, 5.74) is 4.80. The maximum Gasteiger partial charge on any atom is 0.303 e. The van der Waals surface area contributed by atoms with Crippen molar-refractivity contribution >= 4 is 51.5 Å². The molecule has 2 heterocycles. The largest absolute Gasteiger partial charge is 0.494 e. The summed E-state index contributed by atoms with van der Waals surface area (Å²) in [7, 11) is 3.87. The summed E-state index contributed by atoms with van der Waals surface area (Å²) in [6, 6.07) is 20.3. The van der Waals surface area contributed by atoms with Crippen LogP contribution in [0.5, 0.6) is 5.88 Å². The molecule has 3 N–H and O–H groups in total. The lowest BCUT2D eigenvalue weighted by Crippen LogP contribution is -2.48. The molecule has 4 aromatic rings. The Balaban J connectivity index is 1.44. The first kappa shape index (κ1) is 29.3. The van der Waals surface area contributed by atoms with E-state index in [1.54, 1.807) is 24.1 Å². The molecule has 42 heavy (non-hydrogen) atoms. The van der Waals surface area contributed by atoms with Crippen molar-refractivity contribution in [3.05, 3.63) is 88.4 Å². The van der Waals surface area contributed by atoms with Gasteiger partial charge in [0.05, 0.1) is 29.0 Å². The number of halogens is 1. The van der Waals surface area contributed by atoms with Gasteiger partial charge in [-0.3, -0.25) is 14.5 Å². The van der Waals surface area contributed by atoms with E-state index in [4.69, 9.17) is 21.7 Å². The van der Waals surface area contributed by atoms with Crippen LogP contribution in [0.4, 0.5) is 11.4 Å². The number of carboxylic acids is 1. The number of rotatable bonds is 9. The van der Waals surface area contributed by atoms with Gasteiger partial charge >= 0.3 is 5.97 Å². The molecule has 9 nitrogen and oxygen atoms in total. The molecule has 0 bridgehead atoms. The minimum Gasteiger partial charge on any atom is -0.494 e. The highest BCUT2D eigenvalue weighted by atomic mass is 35.5. The van der Waals surface area contributed by atoms with Crippen molar-refractivity contribution in [3.8, 4) is 5.88 Å². The predicted octanol–water partition coefficient (Wildman–Crippen LogP) is 4.92. The Morgan fingerprint density at radius 3 is 2.36 bits per heavy atom. The van der Waals surface area contributed by atoms with Gasteiger partial charge in [-0.25, -0.2) is 4.99 Å². The van der Waals surface area contributed by atoms with Gasteiger partial charge in [0, 0.05) is 61.3 Å². The Kier molecular flexibility index (Phi) is 8.91. The van der Waals surface area contributed by atoms with Gasteiger partial charge in [-0.1, -0.05) is 41.9 Å².